The summed E-state index contributed by atoms with van der Waals surface area (Å²) in [5.74, 6) is 0.633. The van der Waals surface area contributed by atoms with Gasteiger partial charge in [-0.3, -0.25) is 0 Å². The zero-order valence-electron chi connectivity index (χ0n) is 12.8. The standard InChI is InChI=1S/C15H28N2OS/c1-5-8-13-14(11-16-9-10-18-4)19-15(17-13)12(6-2)7-3/h12,16H,5-11H2,1-4H3. The number of aromatic nitrogens is 1. The van der Waals surface area contributed by atoms with Gasteiger partial charge in [-0.25, -0.2) is 4.98 Å². The van der Waals surface area contributed by atoms with Crippen molar-refractivity contribution in [1.29, 1.82) is 0 Å². The third kappa shape index (κ3) is 5.21. The van der Waals surface area contributed by atoms with E-state index in [9.17, 15) is 0 Å². The third-order valence-electron chi connectivity index (χ3n) is 3.38. The molecule has 0 amide bonds. The molecule has 0 saturated carbocycles. The van der Waals surface area contributed by atoms with Crippen molar-refractivity contribution in [2.45, 2.75) is 58.9 Å². The molecule has 0 spiro atoms. The summed E-state index contributed by atoms with van der Waals surface area (Å²) in [7, 11) is 1.74. The summed E-state index contributed by atoms with van der Waals surface area (Å²) in [4.78, 5) is 6.30. The van der Waals surface area contributed by atoms with Gasteiger partial charge in [0, 0.05) is 31.0 Å². The molecule has 1 heterocycles. The molecule has 0 aliphatic heterocycles. The van der Waals surface area contributed by atoms with Crippen LogP contribution in [0.2, 0.25) is 0 Å². The Labute approximate surface area is 121 Å². The average molecular weight is 284 g/mol. The number of hydrogen-bond acceptors (Lipinski definition) is 4. The highest BCUT2D eigenvalue weighted by atomic mass is 32.1. The van der Waals surface area contributed by atoms with Gasteiger partial charge < -0.3 is 10.1 Å². The van der Waals surface area contributed by atoms with Gasteiger partial charge in [0.1, 0.15) is 0 Å². The van der Waals surface area contributed by atoms with E-state index in [0.717, 1.165) is 32.5 Å². The summed E-state index contributed by atoms with van der Waals surface area (Å²) in [5, 5.41) is 4.77. The lowest BCUT2D eigenvalue weighted by molar-refractivity contribution is 0.199. The number of hydrogen-bond donors (Lipinski definition) is 1. The smallest absolute Gasteiger partial charge is 0.0962 e. The van der Waals surface area contributed by atoms with Crippen LogP contribution < -0.4 is 5.32 Å². The third-order valence-corrected chi connectivity index (χ3v) is 4.65. The summed E-state index contributed by atoms with van der Waals surface area (Å²) in [5.41, 5.74) is 1.30. The summed E-state index contributed by atoms with van der Waals surface area (Å²) in [6.07, 6.45) is 4.63. The number of thiazole rings is 1. The Morgan fingerprint density at radius 2 is 2.00 bits per heavy atom. The summed E-state index contributed by atoms with van der Waals surface area (Å²) in [6.45, 7) is 9.33. The van der Waals surface area contributed by atoms with Crippen molar-refractivity contribution in [1.82, 2.24) is 10.3 Å². The van der Waals surface area contributed by atoms with Crippen molar-refractivity contribution in [2.75, 3.05) is 20.3 Å². The maximum absolute atomic E-state index is 5.06. The SMILES string of the molecule is CCCc1nc(C(CC)CC)sc1CNCCOC. The molecule has 110 valence electrons. The number of nitrogens with one attached hydrogen (secondary N) is 1. The lowest BCUT2D eigenvalue weighted by Crippen LogP contribution is -2.18. The number of aryl methyl sites for hydroxylation is 1. The van der Waals surface area contributed by atoms with Gasteiger partial charge in [0.15, 0.2) is 0 Å². The van der Waals surface area contributed by atoms with Gasteiger partial charge in [-0.05, 0) is 19.3 Å². The van der Waals surface area contributed by atoms with Crippen LogP contribution in [0, 0.1) is 0 Å². The fraction of sp³-hybridized carbons (Fsp3) is 0.800. The number of ether oxygens (including phenoxy) is 1. The van der Waals surface area contributed by atoms with E-state index in [4.69, 9.17) is 9.72 Å². The predicted octanol–water partition coefficient (Wildman–Crippen LogP) is 3.74. The van der Waals surface area contributed by atoms with Crippen LogP contribution >= 0.6 is 11.3 Å². The van der Waals surface area contributed by atoms with Gasteiger partial charge in [0.05, 0.1) is 17.3 Å². The second-order valence-corrected chi connectivity index (χ2v) is 5.97. The van der Waals surface area contributed by atoms with E-state index in [1.165, 1.54) is 28.4 Å². The molecule has 4 heteroatoms. The zero-order valence-corrected chi connectivity index (χ0v) is 13.6. The first-order valence-electron chi connectivity index (χ1n) is 7.44. The molecule has 0 aliphatic rings. The van der Waals surface area contributed by atoms with E-state index in [1.54, 1.807) is 7.11 Å². The van der Waals surface area contributed by atoms with Crippen LogP contribution in [0.5, 0.6) is 0 Å². The van der Waals surface area contributed by atoms with Crippen LogP contribution in [0.15, 0.2) is 0 Å². The Kier molecular flexibility index (Phi) is 8.26. The van der Waals surface area contributed by atoms with Crippen LogP contribution in [-0.2, 0) is 17.7 Å². The number of methoxy groups -OCH3 is 1. The lowest BCUT2D eigenvalue weighted by Gasteiger charge is -2.07. The molecule has 1 aromatic rings. The molecular formula is C15H28N2OS. The Hall–Kier alpha value is -0.450. The first-order valence-corrected chi connectivity index (χ1v) is 8.26. The fourth-order valence-corrected chi connectivity index (χ4v) is 3.51. The molecule has 1 aromatic heterocycles. The molecule has 0 atom stereocenters. The van der Waals surface area contributed by atoms with Gasteiger partial charge in [-0.2, -0.15) is 0 Å². The van der Waals surface area contributed by atoms with Gasteiger partial charge in [0.25, 0.3) is 0 Å². The normalized spacial score (nSPS) is 11.4. The van der Waals surface area contributed by atoms with Crippen molar-refractivity contribution in [3.05, 3.63) is 15.6 Å². The van der Waals surface area contributed by atoms with E-state index in [-0.39, 0.29) is 0 Å². The van der Waals surface area contributed by atoms with Gasteiger partial charge in [-0.15, -0.1) is 11.3 Å². The molecule has 1 rings (SSSR count). The molecule has 0 unspecified atom stereocenters. The molecule has 0 radical (unpaired) electrons. The monoisotopic (exact) mass is 284 g/mol. The minimum atomic E-state index is 0.633. The topological polar surface area (TPSA) is 34.2 Å². The molecule has 0 saturated heterocycles. The highest BCUT2D eigenvalue weighted by molar-refractivity contribution is 7.11. The average Bonchev–Trinajstić information content (AvgIpc) is 2.80. The number of rotatable bonds is 10. The van der Waals surface area contributed by atoms with Crippen molar-refractivity contribution >= 4 is 11.3 Å². The molecule has 0 fully saturated rings. The van der Waals surface area contributed by atoms with Gasteiger partial charge >= 0.3 is 0 Å². The van der Waals surface area contributed by atoms with Gasteiger partial charge in [0.2, 0.25) is 0 Å². The second-order valence-electron chi connectivity index (χ2n) is 4.85. The Morgan fingerprint density at radius 1 is 1.26 bits per heavy atom. The number of nitrogens with zero attached hydrogens (tertiary/aromatic N) is 1. The van der Waals surface area contributed by atoms with E-state index >= 15 is 0 Å². The Balaban J connectivity index is 2.70. The maximum Gasteiger partial charge on any atom is 0.0962 e. The van der Waals surface area contributed by atoms with Gasteiger partial charge in [-0.1, -0.05) is 27.2 Å². The van der Waals surface area contributed by atoms with Crippen molar-refractivity contribution in [3.8, 4) is 0 Å². The maximum atomic E-state index is 5.06. The lowest BCUT2D eigenvalue weighted by atomic mass is 10.1. The molecular weight excluding hydrogens is 256 g/mol. The summed E-state index contributed by atoms with van der Waals surface area (Å²) >= 11 is 1.90. The van der Waals surface area contributed by atoms with Crippen molar-refractivity contribution in [3.63, 3.8) is 0 Å². The predicted molar refractivity (Wildman–Crippen MR) is 83.0 cm³/mol. The van der Waals surface area contributed by atoms with E-state index in [0.29, 0.717) is 5.92 Å². The second kappa shape index (κ2) is 9.45. The highest BCUT2D eigenvalue weighted by Crippen LogP contribution is 2.30. The Morgan fingerprint density at radius 3 is 2.58 bits per heavy atom. The summed E-state index contributed by atoms with van der Waals surface area (Å²) < 4.78 is 5.06. The largest absolute Gasteiger partial charge is 0.383 e. The zero-order chi connectivity index (χ0) is 14.1. The van der Waals surface area contributed by atoms with Crippen LogP contribution in [-0.4, -0.2) is 25.2 Å². The fourth-order valence-electron chi connectivity index (χ4n) is 2.16. The first-order chi connectivity index (χ1) is 9.26. The minimum absolute atomic E-state index is 0.633. The van der Waals surface area contributed by atoms with E-state index < -0.39 is 0 Å². The van der Waals surface area contributed by atoms with Crippen LogP contribution in [0.25, 0.3) is 0 Å². The van der Waals surface area contributed by atoms with E-state index in [2.05, 4.69) is 26.1 Å². The highest BCUT2D eigenvalue weighted by Gasteiger charge is 2.16. The molecule has 0 aliphatic carbocycles. The van der Waals surface area contributed by atoms with Crippen molar-refractivity contribution < 1.29 is 4.74 Å². The minimum Gasteiger partial charge on any atom is -0.383 e. The molecule has 0 aromatic carbocycles. The Bertz CT molecular complexity index is 348. The molecule has 3 nitrogen and oxygen atoms in total. The van der Waals surface area contributed by atoms with E-state index in [1.807, 2.05) is 11.3 Å². The first kappa shape index (κ1) is 16.6. The quantitative estimate of drug-likeness (QED) is 0.665. The summed E-state index contributed by atoms with van der Waals surface area (Å²) in [6, 6.07) is 0. The molecule has 0 bridgehead atoms. The van der Waals surface area contributed by atoms with Crippen LogP contribution in [0.4, 0.5) is 0 Å². The van der Waals surface area contributed by atoms with Crippen molar-refractivity contribution in [2.24, 2.45) is 0 Å². The van der Waals surface area contributed by atoms with Crippen LogP contribution in [0.3, 0.4) is 0 Å². The molecule has 19 heavy (non-hydrogen) atoms. The molecule has 1 N–H and O–H groups in total. The van der Waals surface area contributed by atoms with Crippen LogP contribution in [0.1, 0.15) is 61.5 Å².